The number of hydrogen-bond acceptors (Lipinski definition) is 4. The van der Waals surface area contributed by atoms with Gasteiger partial charge in [0, 0.05) is 6.42 Å². The quantitative estimate of drug-likeness (QED) is 0.543. The summed E-state index contributed by atoms with van der Waals surface area (Å²) in [6, 6.07) is 5.44. The summed E-state index contributed by atoms with van der Waals surface area (Å²) in [6.07, 6.45) is 2.03. The second kappa shape index (κ2) is 3.09. The molecule has 0 aromatic heterocycles. The van der Waals surface area contributed by atoms with Crippen molar-refractivity contribution >= 4 is 6.29 Å². The van der Waals surface area contributed by atoms with E-state index in [1.807, 2.05) is 6.07 Å². The van der Waals surface area contributed by atoms with Gasteiger partial charge in [0.1, 0.15) is 6.29 Å². The molecule has 0 N–H and O–H groups in total. The number of aldehydes is 1. The molecule has 1 unspecified atom stereocenters. The molecule has 0 spiro atoms. The minimum Gasteiger partial charge on any atom is -0.298 e. The first-order chi connectivity index (χ1) is 6.22. The Morgan fingerprint density at radius 2 is 2.08 bits per heavy atom. The summed E-state index contributed by atoms with van der Waals surface area (Å²) >= 11 is 0. The van der Waals surface area contributed by atoms with Crippen LogP contribution in [0.25, 0.3) is 0 Å². The Balaban J connectivity index is 3.12. The van der Waals surface area contributed by atoms with Crippen molar-refractivity contribution in [2.45, 2.75) is 6.42 Å². The van der Waals surface area contributed by atoms with Crippen molar-refractivity contribution in [3.05, 3.63) is 11.6 Å². The van der Waals surface area contributed by atoms with Crippen LogP contribution in [-0.2, 0) is 4.79 Å². The molecule has 0 aromatic carbocycles. The van der Waals surface area contributed by atoms with E-state index in [1.54, 1.807) is 12.1 Å². The normalized spacial score (nSPS) is 23.5. The van der Waals surface area contributed by atoms with E-state index < -0.39 is 11.3 Å². The van der Waals surface area contributed by atoms with Crippen LogP contribution < -0.4 is 0 Å². The average Bonchev–Trinajstić information content (AvgIpc) is 2.56. The van der Waals surface area contributed by atoms with Crippen LogP contribution >= 0.6 is 0 Å². The van der Waals surface area contributed by atoms with Gasteiger partial charge in [-0.15, -0.1) is 0 Å². The van der Waals surface area contributed by atoms with Crippen LogP contribution in [0.15, 0.2) is 11.6 Å². The van der Waals surface area contributed by atoms with Crippen molar-refractivity contribution in [2.75, 3.05) is 0 Å². The highest BCUT2D eigenvalue weighted by Crippen LogP contribution is 2.40. The molecule has 0 saturated heterocycles. The van der Waals surface area contributed by atoms with Crippen molar-refractivity contribution in [2.24, 2.45) is 11.3 Å². The molecule has 4 heteroatoms. The molecule has 0 saturated carbocycles. The molecule has 0 radical (unpaired) electrons. The first-order valence-corrected chi connectivity index (χ1v) is 3.60. The Hall–Kier alpha value is -2.12. The Morgan fingerprint density at radius 1 is 1.46 bits per heavy atom. The van der Waals surface area contributed by atoms with E-state index in [2.05, 4.69) is 0 Å². The first kappa shape index (κ1) is 8.97. The van der Waals surface area contributed by atoms with Gasteiger partial charge in [0.2, 0.25) is 0 Å². The molecule has 62 valence electrons. The smallest absolute Gasteiger partial charge is 0.167 e. The maximum absolute atomic E-state index is 10.4. The molecule has 0 amide bonds. The standard InChI is InChI=1S/C9H5N3O/c10-3-8-1-7(4-13)2-9(8,5-11)6-12/h1,4,8H,2H2. The van der Waals surface area contributed by atoms with E-state index in [4.69, 9.17) is 15.8 Å². The van der Waals surface area contributed by atoms with Gasteiger partial charge in [-0.2, -0.15) is 15.8 Å². The monoisotopic (exact) mass is 171 g/mol. The van der Waals surface area contributed by atoms with Gasteiger partial charge in [0.05, 0.1) is 24.1 Å². The van der Waals surface area contributed by atoms with Crippen molar-refractivity contribution in [1.29, 1.82) is 15.8 Å². The molecule has 1 atom stereocenters. The molecular formula is C9H5N3O. The van der Waals surface area contributed by atoms with Gasteiger partial charge in [-0.05, 0) is 5.57 Å². The molecule has 0 heterocycles. The lowest BCUT2D eigenvalue weighted by Crippen LogP contribution is -2.20. The number of nitriles is 3. The van der Waals surface area contributed by atoms with Gasteiger partial charge in [-0.3, -0.25) is 4.79 Å². The lowest BCUT2D eigenvalue weighted by molar-refractivity contribution is -0.105. The van der Waals surface area contributed by atoms with Crippen LogP contribution in [-0.4, -0.2) is 6.29 Å². The van der Waals surface area contributed by atoms with E-state index in [1.165, 1.54) is 6.08 Å². The van der Waals surface area contributed by atoms with E-state index in [-0.39, 0.29) is 6.42 Å². The van der Waals surface area contributed by atoms with Gasteiger partial charge >= 0.3 is 0 Å². The summed E-state index contributed by atoms with van der Waals surface area (Å²) in [6.45, 7) is 0. The molecule has 0 fully saturated rings. The van der Waals surface area contributed by atoms with Crippen LogP contribution in [0.3, 0.4) is 0 Å². The highest BCUT2D eigenvalue weighted by atomic mass is 16.1. The minimum atomic E-state index is -1.36. The Labute approximate surface area is 75.3 Å². The van der Waals surface area contributed by atoms with Gasteiger partial charge in [-0.25, -0.2) is 0 Å². The Kier molecular flexibility index (Phi) is 2.13. The average molecular weight is 171 g/mol. The zero-order valence-corrected chi connectivity index (χ0v) is 6.69. The van der Waals surface area contributed by atoms with Crippen molar-refractivity contribution in [3.63, 3.8) is 0 Å². The SMILES string of the molecule is N#CC1C=C(C=O)CC1(C#N)C#N. The van der Waals surface area contributed by atoms with Crippen LogP contribution in [0, 0.1) is 45.3 Å². The van der Waals surface area contributed by atoms with Gasteiger partial charge in [-0.1, -0.05) is 6.08 Å². The number of carbonyl (C=O) groups is 1. The summed E-state index contributed by atoms with van der Waals surface area (Å²) in [5, 5.41) is 26.2. The second-order valence-electron chi connectivity index (χ2n) is 2.84. The molecule has 1 aliphatic carbocycles. The summed E-state index contributed by atoms with van der Waals surface area (Å²) in [5.74, 6) is -0.789. The van der Waals surface area contributed by atoms with Crippen LogP contribution in [0.5, 0.6) is 0 Å². The number of allylic oxidation sites excluding steroid dienone is 2. The lowest BCUT2D eigenvalue weighted by atomic mass is 9.80. The number of hydrogen-bond donors (Lipinski definition) is 0. The molecule has 0 aromatic rings. The Morgan fingerprint density at radius 3 is 2.38 bits per heavy atom. The zero-order chi connectivity index (χ0) is 9.90. The van der Waals surface area contributed by atoms with E-state index >= 15 is 0 Å². The minimum absolute atomic E-state index is 0.0573. The zero-order valence-electron chi connectivity index (χ0n) is 6.69. The maximum atomic E-state index is 10.4. The predicted molar refractivity (Wildman–Crippen MR) is 41.5 cm³/mol. The van der Waals surface area contributed by atoms with E-state index in [0.717, 1.165) is 0 Å². The summed E-state index contributed by atoms with van der Waals surface area (Å²) in [5.41, 5.74) is -1.000. The predicted octanol–water partition coefficient (Wildman–Crippen LogP) is 0.689. The lowest BCUT2D eigenvalue weighted by Gasteiger charge is -2.13. The fraction of sp³-hybridized carbons (Fsp3) is 0.333. The molecule has 1 rings (SSSR count). The Bertz CT molecular complexity index is 375. The van der Waals surface area contributed by atoms with Crippen molar-refractivity contribution < 1.29 is 4.79 Å². The van der Waals surface area contributed by atoms with Crippen LogP contribution in [0.2, 0.25) is 0 Å². The summed E-state index contributed by atoms with van der Waals surface area (Å²) in [7, 11) is 0. The molecule has 0 bridgehead atoms. The molecule has 4 nitrogen and oxygen atoms in total. The number of rotatable bonds is 1. The van der Waals surface area contributed by atoms with Crippen molar-refractivity contribution in [3.8, 4) is 18.2 Å². The van der Waals surface area contributed by atoms with Gasteiger partial charge in [0.25, 0.3) is 0 Å². The third-order valence-electron chi connectivity index (χ3n) is 2.08. The van der Waals surface area contributed by atoms with Gasteiger partial charge in [0.15, 0.2) is 5.41 Å². The fourth-order valence-electron chi connectivity index (χ4n) is 1.32. The fourth-order valence-corrected chi connectivity index (χ4v) is 1.32. The van der Waals surface area contributed by atoms with E-state index in [0.29, 0.717) is 11.9 Å². The summed E-state index contributed by atoms with van der Waals surface area (Å²) in [4.78, 5) is 10.4. The third-order valence-corrected chi connectivity index (χ3v) is 2.08. The first-order valence-electron chi connectivity index (χ1n) is 3.60. The molecule has 0 aliphatic heterocycles. The highest BCUT2D eigenvalue weighted by Gasteiger charge is 2.44. The maximum Gasteiger partial charge on any atom is 0.167 e. The largest absolute Gasteiger partial charge is 0.298 e. The number of carbonyl (C=O) groups excluding carboxylic acids is 1. The third kappa shape index (κ3) is 1.17. The second-order valence-corrected chi connectivity index (χ2v) is 2.84. The number of nitrogens with zero attached hydrogens (tertiary/aromatic N) is 3. The van der Waals surface area contributed by atoms with Crippen molar-refractivity contribution in [1.82, 2.24) is 0 Å². The molecule has 13 heavy (non-hydrogen) atoms. The van der Waals surface area contributed by atoms with Crippen LogP contribution in [0.4, 0.5) is 0 Å². The molecular weight excluding hydrogens is 166 g/mol. The topological polar surface area (TPSA) is 88.4 Å². The van der Waals surface area contributed by atoms with Gasteiger partial charge < -0.3 is 0 Å². The van der Waals surface area contributed by atoms with Crippen LogP contribution in [0.1, 0.15) is 6.42 Å². The molecule has 1 aliphatic rings. The summed E-state index contributed by atoms with van der Waals surface area (Å²) < 4.78 is 0. The van der Waals surface area contributed by atoms with E-state index in [9.17, 15) is 4.79 Å². The highest BCUT2D eigenvalue weighted by molar-refractivity contribution is 5.75.